The molecular formula is C15H11ClN4O2. The lowest BCUT2D eigenvalue weighted by atomic mass is 10.1. The number of nitrogens with zero attached hydrogens (tertiary/aromatic N) is 2. The van der Waals surface area contributed by atoms with Crippen LogP contribution in [0.1, 0.15) is 0 Å². The number of aromatic nitrogens is 2. The predicted molar refractivity (Wildman–Crippen MR) is 85.4 cm³/mol. The van der Waals surface area contributed by atoms with Crippen LogP contribution in [0.25, 0.3) is 11.3 Å². The third-order valence-corrected chi connectivity index (χ3v) is 3.32. The molecule has 0 atom stereocenters. The van der Waals surface area contributed by atoms with E-state index in [2.05, 4.69) is 15.5 Å². The molecule has 1 aromatic heterocycles. The Hall–Kier alpha value is -2.86. The number of nitrogens with one attached hydrogen (secondary N) is 2. The number of nitro benzene ring substituents is 1. The minimum Gasteiger partial charge on any atom is -0.352 e. The molecule has 0 spiro atoms. The van der Waals surface area contributed by atoms with Gasteiger partial charge >= 0.3 is 0 Å². The van der Waals surface area contributed by atoms with Crippen molar-refractivity contribution in [2.45, 2.75) is 0 Å². The highest BCUT2D eigenvalue weighted by Gasteiger charge is 2.12. The fourth-order valence-corrected chi connectivity index (χ4v) is 2.29. The van der Waals surface area contributed by atoms with Crippen molar-refractivity contribution in [3.8, 4) is 11.3 Å². The summed E-state index contributed by atoms with van der Waals surface area (Å²) in [6.07, 6.45) is 1.62. The zero-order chi connectivity index (χ0) is 15.5. The average Bonchev–Trinajstić information content (AvgIpc) is 2.95. The van der Waals surface area contributed by atoms with Gasteiger partial charge in [-0.2, -0.15) is 5.10 Å². The van der Waals surface area contributed by atoms with E-state index in [9.17, 15) is 10.1 Å². The zero-order valence-electron chi connectivity index (χ0n) is 11.3. The van der Waals surface area contributed by atoms with Gasteiger partial charge in [0.05, 0.1) is 22.5 Å². The Morgan fingerprint density at radius 3 is 2.77 bits per heavy atom. The molecule has 6 nitrogen and oxygen atoms in total. The van der Waals surface area contributed by atoms with Gasteiger partial charge in [0.2, 0.25) is 0 Å². The largest absolute Gasteiger partial charge is 0.352 e. The van der Waals surface area contributed by atoms with Crippen molar-refractivity contribution < 1.29 is 4.92 Å². The summed E-state index contributed by atoms with van der Waals surface area (Å²) in [4.78, 5) is 10.5. The van der Waals surface area contributed by atoms with E-state index in [4.69, 9.17) is 11.6 Å². The molecule has 0 bridgehead atoms. The fraction of sp³-hybridized carbons (Fsp3) is 0. The summed E-state index contributed by atoms with van der Waals surface area (Å²) in [6, 6.07) is 13.6. The van der Waals surface area contributed by atoms with Crippen LogP contribution in [0.15, 0.2) is 54.7 Å². The van der Waals surface area contributed by atoms with Crippen LogP contribution in [0.4, 0.5) is 17.1 Å². The Morgan fingerprint density at radius 2 is 2.00 bits per heavy atom. The minimum atomic E-state index is -0.427. The molecule has 0 radical (unpaired) electrons. The second kappa shape index (κ2) is 5.87. The molecule has 0 saturated carbocycles. The molecule has 2 aromatic carbocycles. The summed E-state index contributed by atoms with van der Waals surface area (Å²) in [5, 5.41) is 21.6. The first-order valence-corrected chi connectivity index (χ1v) is 6.82. The summed E-state index contributed by atoms with van der Waals surface area (Å²) >= 11 is 5.96. The molecule has 0 unspecified atom stereocenters. The Kier molecular flexibility index (Phi) is 3.76. The standard InChI is InChI=1S/C15H11ClN4O2/c16-11-4-2-5-12(8-11)18-14-9-17-19-15(14)10-3-1-6-13(7-10)20(21)22/h1-9,18H,(H,17,19). The molecular weight excluding hydrogens is 304 g/mol. The lowest BCUT2D eigenvalue weighted by Crippen LogP contribution is -1.92. The highest BCUT2D eigenvalue weighted by atomic mass is 35.5. The van der Waals surface area contributed by atoms with Crippen LogP contribution in [-0.2, 0) is 0 Å². The molecule has 2 N–H and O–H groups in total. The topological polar surface area (TPSA) is 83.8 Å². The number of anilines is 2. The Balaban J connectivity index is 1.95. The summed E-state index contributed by atoms with van der Waals surface area (Å²) in [7, 11) is 0. The van der Waals surface area contributed by atoms with Gasteiger partial charge in [0.15, 0.2) is 0 Å². The monoisotopic (exact) mass is 314 g/mol. The molecule has 22 heavy (non-hydrogen) atoms. The van der Waals surface area contributed by atoms with Crippen LogP contribution in [0.2, 0.25) is 5.02 Å². The van der Waals surface area contributed by atoms with E-state index in [1.165, 1.54) is 12.1 Å². The lowest BCUT2D eigenvalue weighted by molar-refractivity contribution is -0.384. The van der Waals surface area contributed by atoms with Gasteiger partial charge in [0.1, 0.15) is 0 Å². The summed E-state index contributed by atoms with van der Waals surface area (Å²) in [5.74, 6) is 0. The van der Waals surface area contributed by atoms with Gasteiger partial charge in [-0.15, -0.1) is 0 Å². The van der Waals surface area contributed by atoms with Crippen LogP contribution in [0.5, 0.6) is 0 Å². The number of nitro groups is 1. The SMILES string of the molecule is O=[N+]([O-])c1cccc(-c2[nH]ncc2Nc2cccc(Cl)c2)c1. The molecule has 3 aromatic rings. The summed E-state index contributed by atoms with van der Waals surface area (Å²) in [6.45, 7) is 0. The first-order valence-electron chi connectivity index (χ1n) is 6.44. The quantitative estimate of drug-likeness (QED) is 0.553. The number of H-pyrrole nitrogens is 1. The van der Waals surface area contributed by atoms with Gasteiger partial charge < -0.3 is 5.32 Å². The van der Waals surface area contributed by atoms with E-state index < -0.39 is 4.92 Å². The van der Waals surface area contributed by atoms with Crippen molar-refractivity contribution in [3.05, 3.63) is 69.9 Å². The maximum absolute atomic E-state index is 10.9. The molecule has 1 heterocycles. The van der Waals surface area contributed by atoms with Crippen LogP contribution < -0.4 is 5.32 Å². The molecule has 0 aliphatic carbocycles. The number of non-ortho nitro benzene ring substituents is 1. The van der Waals surface area contributed by atoms with Crippen LogP contribution in [0.3, 0.4) is 0 Å². The predicted octanol–water partition coefficient (Wildman–Crippen LogP) is 4.38. The van der Waals surface area contributed by atoms with E-state index in [0.717, 1.165) is 5.69 Å². The summed E-state index contributed by atoms with van der Waals surface area (Å²) < 4.78 is 0. The van der Waals surface area contributed by atoms with Gasteiger partial charge in [-0.1, -0.05) is 29.8 Å². The third kappa shape index (κ3) is 2.91. The van der Waals surface area contributed by atoms with Gasteiger partial charge in [-0.25, -0.2) is 0 Å². The molecule has 0 aliphatic rings. The maximum atomic E-state index is 10.9. The molecule has 0 fully saturated rings. The average molecular weight is 315 g/mol. The first-order chi connectivity index (χ1) is 10.6. The minimum absolute atomic E-state index is 0.0285. The number of halogens is 1. The number of aromatic amines is 1. The van der Waals surface area contributed by atoms with Crippen molar-refractivity contribution in [2.75, 3.05) is 5.32 Å². The van der Waals surface area contributed by atoms with E-state index >= 15 is 0 Å². The number of benzene rings is 2. The third-order valence-electron chi connectivity index (χ3n) is 3.09. The van der Waals surface area contributed by atoms with Crippen LogP contribution in [-0.4, -0.2) is 15.1 Å². The highest BCUT2D eigenvalue weighted by molar-refractivity contribution is 6.30. The second-order valence-corrected chi connectivity index (χ2v) is 5.04. The smallest absolute Gasteiger partial charge is 0.270 e. The fourth-order valence-electron chi connectivity index (χ4n) is 2.10. The van der Waals surface area contributed by atoms with E-state index in [1.807, 2.05) is 12.1 Å². The normalized spacial score (nSPS) is 10.4. The van der Waals surface area contributed by atoms with Crippen molar-refractivity contribution >= 4 is 28.7 Å². The molecule has 0 saturated heterocycles. The molecule has 0 aliphatic heterocycles. The van der Waals surface area contributed by atoms with E-state index in [0.29, 0.717) is 22.0 Å². The van der Waals surface area contributed by atoms with Gasteiger partial charge in [-0.3, -0.25) is 15.2 Å². The zero-order valence-corrected chi connectivity index (χ0v) is 12.0. The number of rotatable bonds is 4. The maximum Gasteiger partial charge on any atom is 0.270 e. The highest BCUT2D eigenvalue weighted by Crippen LogP contribution is 2.30. The molecule has 7 heteroatoms. The van der Waals surface area contributed by atoms with Crippen molar-refractivity contribution in [2.24, 2.45) is 0 Å². The van der Waals surface area contributed by atoms with Gasteiger partial charge in [0, 0.05) is 28.4 Å². The van der Waals surface area contributed by atoms with Gasteiger partial charge in [-0.05, 0) is 18.2 Å². The van der Waals surface area contributed by atoms with Gasteiger partial charge in [0.25, 0.3) is 5.69 Å². The molecule has 0 amide bonds. The molecule has 110 valence electrons. The Bertz CT molecular complexity index is 832. The Morgan fingerprint density at radius 1 is 1.18 bits per heavy atom. The Labute approximate surface area is 130 Å². The number of hydrogen-bond acceptors (Lipinski definition) is 4. The van der Waals surface area contributed by atoms with Crippen LogP contribution in [0, 0.1) is 10.1 Å². The van der Waals surface area contributed by atoms with Crippen molar-refractivity contribution in [3.63, 3.8) is 0 Å². The lowest BCUT2D eigenvalue weighted by Gasteiger charge is -2.07. The first kappa shape index (κ1) is 14.1. The molecule has 3 rings (SSSR count). The van der Waals surface area contributed by atoms with Crippen molar-refractivity contribution in [1.29, 1.82) is 0 Å². The van der Waals surface area contributed by atoms with E-state index in [-0.39, 0.29) is 5.69 Å². The van der Waals surface area contributed by atoms with Crippen molar-refractivity contribution in [1.82, 2.24) is 10.2 Å². The number of hydrogen-bond donors (Lipinski definition) is 2. The summed E-state index contributed by atoms with van der Waals surface area (Å²) in [5.41, 5.74) is 2.89. The second-order valence-electron chi connectivity index (χ2n) is 4.60. The van der Waals surface area contributed by atoms with E-state index in [1.54, 1.807) is 30.5 Å². The van der Waals surface area contributed by atoms with Crippen LogP contribution >= 0.6 is 11.6 Å².